The molecule has 0 saturated carbocycles. The molecule has 0 bridgehead atoms. The first-order valence-corrected chi connectivity index (χ1v) is 8.87. The summed E-state index contributed by atoms with van der Waals surface area (Å²) in [7, 11) is 1.52. The minimum absolute atomic E-state index is 0.150. The highest BCUT2D eigenvalue weighted by Gasteiger charge is 2.10. The Hall–Kier alpha value is -3.12. The van der Waals surface area contributed by atoms with Crippen molar-refractivity contribution in [2.45, 2.75) is 13.0 Å². The summed E-state index contributed by atoms with van der Waals surface area (Å²) >= 11 is 5.76. The van der Waals surface area contributed by atoms with E-state index in [1.807, 2.05) is 6.07 Å². The molecule has 1 aromatic heterocycles. The lowest BCUT2D eigenvalue weighted by Gasteiger charge is -2.13. The zero-order valence-corrected chi connectivity index (χ0v) is 15.9. The van der Waals surface area contributed by atoms with Crippen LogP contribution in [0.3, 0.4) is 0 Å². The Balaban J connectivity index is 1.68. The number of nitrogens with one attached hydrogen (secondary N) is 1. The molecule has 3 rings (SSSR count). The molecule has 144 valence electrons. The molecule has 5 nitrogen and oxygen atoms in total. The third-order valence-corrected chi connectivity index (χ3v) is 4.12. The molecule has 0 spiro atoms. The van der Waals surface area contributed by atoms with Gasteiger partial charge in [0.1, 0.15) is 29.1 Å². The lowest BCUT2D eigenvalue weighted by atomic mass is 10.1. The third kappa shape index (κ3) is 5.44. The second-order valence-electron chi connectivity index (χ2n) is 5.99. The highest BCUT2D eigenvalue weighted by Crippen LogP contribution is 2.26. The van der Waals surface area contributed by atoms with Crippen molar-refractivity contribution in [2.24, 2.45) is 0 Å². The van der Waals surface area contributed by atoms with Gasteiger partial charge < -0.3 is 14.8 Å². The van der Waals surface area contributed by atoms with Gasteiger partial charge in [-0.2, -0.15) is 0 Å². The molecule has 2 aromatic carbocycles. The summed E-state index contributed by atoms with van der Waals surface area (Å²) in [5, 5.41) is 3.20. The number of methoxy groups -OCH3 is 1. The van der Waals surface area contributed by atoms with Crippen LogP contribution < -0.4 is 14.8 Å². The molecule has 0 radical (unpaired) electrons. The predicted octanol–water partition coefficient (Wildman–Crippen LogP) is 4.64. The first kappa shape index (κ1) is 19.6. The first-order valence-electron chi connectivity index (χ1n) is 8.49. The predicted molar refractivity (Wildman–Crippen MR) is 105 cm³/mol. The van der Waals surface area contributed by atoms with Crippen molar-refractivity contribution >= 4 is 23.2 Å². The maximum atomic E-state index is 13.2. The molecule has 1 N–H and O–H groups in total. The van der Waals surface area contributed by atoms with Gasteiger partial charge >= 0.3 is 0 Å². The number of hydrogen-bond acceptors (Lipinski definition) is 4. The second kappa shape index (κ2) is 9.19. The summed E-state index contributed by atoms with van der Waals surface area (Å²) in [5.41, 5.74) is 2.06. The van der Waals surface area contributed by atoms with Gasteiger partial charge in [0.25, 0.3) is 0 Å². The molecule has 7 heteroatoms. The summed E-state index contributed by atoms with van der Waals surface area (Å²) < 4.78 is 24.2. The Morgan fingerprint density at radius 3 is 2.68 bits per heavy atom. The molecule has 0 aliphatic carbocycles. The number of pyridine rings is 1. The minimum Gasteiger partial charge on any atom is -0.495 e. The Bertz CT molecular complexity index is 964. The van der Waals surface area contributed by atoms with Crippen molar-refractivity contribution in [1.82, 2.24) is 4.98 Å². The van der Waals surface area contributed by atoms with E-state index in [0.717, 1.165) is 11.1 Å². The molecule has 0 unspecified atom stereocenters. The summed E-state index contributed by atoms with van der Waals surface area (Å²) in [4.78, 5) is 16.3. The van der Waals surface area contributed by atoms with Crippen LogP contribution in [0, 0.1) is 5.82 Å². The molecule has 0 aliphatic heterocycles. The Labute approximate surface area is 167 Å². The molecular formula is C21H18ClFN2O3. The number of carbonyl (C=O) groups is 1. The molecule has 0 aliphatic rings. The van der Waals surface area contributed by atoms with Crippen LogP contribution in [0.5, 0.6) is 11.5 Å². The van der Waals surface area contributed by atoms with E-state index in [9.17, 15) is 9.18 Å². The van der Waals surface area contributed by atoms with E-state index in [1.165, 1.54) is 19.2 Å². The molecule has 3 aromatic rings. The number of anilines is 1. The fraction of sp³-hybridized carbons (Fsp3) is 0.143. The van der Waals surface area contributed by atoms with Crippen LogP contribution in [0.4, 0.5) is 10.1 Å². The van der Waals surface area contributed by atoms with Crippen LogP contribution in [0.15, 0.2) is 60.8 Å². The van der Waals surface area contributed by atoms with Gasteiger partial charge in [-0.05, 0) is 41.5 Å². The smallest absolute Gasteiger partial charge is 0.228 e. The van der Waals surface area contributed by atoms with Crippen molar-refractivity contribution in [2.75, 3.05) is 12.4 Å². The van der Waals surface area contributed by atoms with Gasteiger partial charge in [0.05, 0.1) is 19.2 Å². The van der Waals surface area contributed by atoms with Crippen LogP contribution >= 0.6 is 11.6 Å². The Morgan fingerprint density at radius 1 is 1.14 bits per heavy atom. The standard InChI is InChI=1S/C21H18ClFN2O3/c1-27-19-7-5-15(13-28-17-4-2-3-16(23)11-17)9-18(19)25-21(26)10-14-6-8-20(22)24-12-14/h2-9,11-12H,10,13H2,1H3,(H,25,26). The zero-order valence-electron chi connectivity index (χ0n) is 15.1. The molecule has 0 saturated heterocycles. The van der Waals surface area contributed by atoms with E-state index < -0.39 is 0 Å². The fourth-order valence-electron chi connectivity index (χ4n) is 2.56. The van der Waals surface area contributed by atoms with Gasteiger partial charge in [0.2, 0.25) is 5.91 Å². The number of nitrogens with zero attached hydrogens (tertiary/aromatic N) is 1. The number of halogens is 2. The van der Waals surface area contributed by atoms with Gasteiger partial charge in [0.15, 0.2) is 0 Å². The van der Waals surface area contributed by atoms with Crippen molar-refractivity contribution in [1.29, 1.82) is 0 Å². The van der Waals surface area contributed by atoms with Crippen LogP contribution in [-0.2, 0) is 17.8 Å². The number of ether oxygens (including phenoxy) is 2. The Kier molecular flexibility index (Phi) is 6.45. The minimum atomic E-state index is -0.364. The summed E-state index contributed by atoms with van der Waals surface area (Å²) in [5.74, 6) is 0.372. The van der Waals surface area contributed by atoms with Crippen LogP contribution in [0.2, 0.25) is 5.15 Å². The van der Waals surface area contributed by atoms with Crippen molar-refractivity contribution < 1.29 is 18.7 Å². The number of amides is 1. The van der Waals surface area contributed by atoms with Gasteiger partial charge in [-0.15, -0.1) is 0 Å². The average molecular weight is 401 g/mol. The quantitative estimate of drug-likeness (QED) is 0.587. The summed E-state index contributed by atoms with van der Waals surface area (Å²) in [6.07, 6.45) is 1.71. The number of aromatic nitrogens is 1. The lowest BCUT2D eigenvalue weighted by Crippen LogP contribution is -2.15. The van der Waals surface area contributed by atoms with Gasteiger partial charge in [-0.1, -0.05) is 29.8 Å². The van der Waals surface area contributed by atoms with E-state index in [1.54, 1.807) is 42.6 Å². The molecule has 1 heterocycles. The molecular weight excluding hydrogens is 383 g/mol. The average Bonchev–Trinajstić information content (AvgIpc) is 2.68. The third-order valence-electron chi connectivity index (χ3n) is 3.89. The number of carbonyl (C=O) groups excluding carboxylic acids is 1. The summed E-state index contributed by atoms with van der Waals surface area (Å²) in [6, 6.07) is 14.6. The maximum absolute atomic E-state index is 13.2. The highest BCUT2D eigenvalue weighted by atomic mass is 35.5. The van der Waals surface area contributed by atoms with Crippen molar-refractivity contribution in [3.8, 4) is 11.5 Å². The zero-order chi connectivity index (χ0) is 19.9. The van der Waals surface area contributed by atoms with E-state index in [0.29, 0.717) is 22.3 Å². The number of hydrogen-bond donors (Lipinski definition) is 1. The summed E-state index contributed by atoms with van der Waals surface area (Å²) in [6.45, 7) is 0.220. The van der Waals surface area contributed by atoms with Gasteiger partial charge in [-0.25, -0.2) is 9.37 Å². The normalized spacial score (nSPS) is 10.4. The molecule has 0 atom stereocenters. The van der Waals surface area contributed by atoms with Crippen molar-refractivity contribution in [3.63, 3.8) is 0 Å². The largest absolute Gasteiger partial charge is 0.495 e. The lowest BCUT2D eigenvalue weighted by molar-refractivity contribution is -0.115. The first-order chi connectivity index (χ1) is 13.5. The monoisotopic (exact) mass is 400 g/mol. The number of benzene rings is 2. The van der Waals surface area contributed by atoms with Gasteiger partial charge in [-0.3, -0.25) is 4.79 Å². The van der Waals surface area contributed by atoms with Crippen molar-refractivity contribution in [3.05, 3.63) is 82.9 Å². The van der Waals surface area contributed by atoms with E-state index in [4.69, 9.17) is 21.1 Å². The van der Waals surface area contributed by atoms with Crippen LogP contribution in [0.1, 0.15) is 11.1 Å². The second-order valence-corrected chi connectivity index (χ2v) is 6.38. The molecule has 0 fully saturated rings. The maximum Gasteiger partial charge on any atom is 0.228 e. The molecule has 28 heavy (non-hydrogen) atoms. The number of rotatable bonds is 7. The molecule has 1 amide bonds. The Morgan fingerprint density at radius 2 is 1.96 bits per heavy atom. The van der Waals surface area contributed by atoms with Crippen LogP contribution in [0.25, 0.3) is 0 Å². The fourth-order valence-corrected chi connectivity index (χ4v) is 2.67. The van der Waals surface area contributed by atoms with E-state index >= 15 is 0 Å². The van der Waals surface area contributed by atoms with E-state index in [-0.39, 0.29) is 24.8 Å². The highest BCUT2D eigenvalue weighted by molar-refractivity contribution is 6.29. The SMILES string of the molecule is COc1ccc(COc2cccc(F)c2)cc1NC(=O)Cc1ccc(Cl)nc1. The van der Waals surface area contributed by atoms with E-state index in [2.05, 4.69) is 10.3 Å². The van der Waals surface area contributed by atoms with Gasteiger partial charge in [0, 0.05) is 12.3 Å². The van der Waals surface area contributed by atoms with Crippen LogP contribution in [-0.4, -0.2) is 18.0 Å². The topological polar surface area (TPSA) is 60.5 Å².